The molecule has 1 heterocycles. The van der Waals surface area contributed by atoms with Crippen LogP contribution in [0.15, 0.2) is 42.5 Å². The number of hydrogen-bond donors (Lipinski definition) is 0. The molecular weight excluding hydrogens is 368 g/mol. The molecule has 0 spiro atoms. The van der Waals surface area contributed by atoms with Crippen molar-refractivity contribution in [1.82, 2.24) is 0 Å². The molecule has 8 nitrogen and oxygen atoms in total. The van der Waals surface area contributed by atoms with E-state index >= 15 is 0 Å². The predicted octanol–water partition coefficient (Wildman–Crippen LogP) is 4.41. The van der Waals surface area contributed by atoms with Crippen molar-refractivity contribution in [3.05, 3.63) is 64.0 Å². The lowest BCUT2D eigenvalue weighted by atomic mass is 10.1. The van der Waals surface area contributed by atoms with Crippen molar-refractivity contribution in [2.24, 2.45) is 0 Å². The van der Waals surface area contributed by atoms with Crippen LogP contribution < -0.4 is 9.26 Å². The fourth-order valence-electron chi connectivity index (χ4n) is 2.42. The van der Waals surface area contributed by atoms with Crippen LogP contribution in [0.3, 0.4) is 0 Å². The van der Waals surface area contributed by atoms with Gasteiger partial charge in [0.25, 0.3) is 5.69 Å². The predicted molar refractivity (Wildman–Crippen MR) is 88.7 cm³/mol. The van der Waals surface area contributed by atoms with Crippen LogP contribution in [0.5, 0.6) is 11.5 Å². The normalized spacial score (nSPS) is 22.6. The molecule has 0 aliphatic carbocycles. The zero-order valence-corrected chi connectivity index (χ0v) is 14.6. The summed E-state index contributed by atoms with van der Waals surface area (Å²) in [7, 11) is -2.57. The molecular formula is C16H15FNO7P. The van der Waals surface area contributed by atoms with Crippen LogP contribution >= 0.6 is 7.82 Å². The third-order valence-corrected chi connectivity index (χ3v) is 5.15. The molecule has 10 heteroatoms. The standard InChI is InChI=1S/C16H15FNO7P/c1-22-13-6-7-15(17)14(10-13)16-8-9-23-26(21,25-16)24-12-4-2-11(3-5-12)18(19)20/h2-7,10,16H,8-9H2,1H3/t16-,26-/m0/s1. The Hall–Kier alpha value is -2.48. The Morgan fingerprint density at radius 2 is 1.92 bits per heavy atom. The monoisotopic (exact) mass is 383 g/mol. The van der Waals surface area contributed by atoms with Gasteiger partial charge in [-0.2, -0.15) is 0 Å². The number of nitro groups is 1. The van der Waals surface area contributed by atoms with Crippen LogP contribution in [0.4, 0.5) is 10.1 Å². The minimum Gasteiger partial charge on any atom is -0.497 e. The fraction of sp³-hybridized carbons (Fsp3) is 0.250. The van der Waals surface area contributed by atoms with Gasteiger partial charge in [-0.05, 0) is 30.3 Å². The summed E-state index contributed by atoms with van der Waals surface area (Å²) in [5.74, 6) is -0.0205. The second kappa shape index (κ2) is 7.41. The summed E-state index contributed by atoms with van der Waals surface area (Å²) in [6, 6.07) is 9.11. The summed E-state index contributed by atoms with van der Waals surface area (Å²) in [5, 5.41) is 10.7. The molecule has 0 N–H and O–H groups in total. The van der Waals surface area contributed by atoms with Crippen LogP contribution in [-0.2, 0) is 13.6 Å². The lowest BCUT2D eigenvalue weighted by Gasteiger charge is -2.29. The average molecular weight is 383 g/mol. The molecule has 26 heavy (non-hydrogen) atoms. The van der Waals surface area contributed by atoms with Crippen molar-refractivity contribution >= 4 is 13.5 Å². The van der Waals surface area contributed by atoms with E-state index in [1.807, 2.05) is 0 Å². The third-order valence-electron chi connectivity index (χ3n) is 3.70. The van der Waals surface area contributed by atoms with Crippen molar-refractivity contribution in [2.75, 3.05) is 13.7 Å². The number of benzene rings is 2. The van der Waals surface area contributed by atoms with Gasteiger partial charge >= 0.3 is 7.82 Å². The average Bonchev–Trinajstić information content (AvgIpc) is 2.62. The second-order valence-electron chi connectivity index (χ2n) is 5.39. The maximum Gasteiger partial charge on any atom is 0.530 e. The molecule has 0 bridgehead atoms. The first-order valence-corrected chi connectivity index (χ1v) is 9.07. The quantitative estimate of drug-likeness (QED) is 0.429. The van der Waals surface area contributed by atoms with Gasteiger partial charge in [-0.1, -0.05) is 0 Å². The van der Waals surface area contributed by atoms with E-state index in [1.54, 1.807) is 0 Å². The Balaban J connectivity index is 1.78. The van der Waals surface area contributed by atoms with Gasteiger partial charge in [0.2, 0.25) is 0 Å². The van der Waals surface area contributed by atoms with Gasteiger partial charge in [-0.3, -0.25) is 19.2 Å². The Bertz CT molecular complexity index is 858. The van der Waals surface area contributed by atoms with E-state index < -0.39 is 24.7 Å². The molecule has 0 saturated carbocycles. The first-order chi connectivity index (χ1) is 12.4. The largest absolute Gasteiger partial charge is 0.530 e. The number of non-ortho nitro benzene ring substituents is 1. The van der Waals surface area contributed by atoms with Crippen molar-refractivity contribution in [2.45, 2.75) is 12.5 Å². The molecule has 2 atom stereocenters. The third kappa shape index (κ3) is 4.01. The number of methoxy groups -OCH3 is 1. The van der Waals surface area contributed by atoms with Gasteiger partial charge in [0, 0.05) is 24.1 Å². The van der Waals surface area contributed by atoms with Gasteiger partial charge in [0.05, 0.1) is 18.6 Å². The van der Waals surface area contributed by atoms with Crippen molar-refractivity contribution < 1.29 is 32.2 Å². The number of phosphoric acid groups is 1. The molecule has 1 fully saturated rings. The number of hydrogen-bond acceptors (Lipinski definition) is 7. The Labute approximate surface area is 148 Å². The molecule has 0 radical (unpaired) electrons. The van der Waals surface area contributed by atoms with Gasteiger partial charge in [0.15, 0.2) is 0 Å². The summed E-state index contributed by atoms with van der Waals surface area (Å²) in [6.07, 6.45) is -0.569. The molecule has 138 valence electrons. The van der Waals surface area contributed by atoms with E-state index in [4.69, 9.17) is 18.3 Å². The van der Waals surface area contributed by atoms with E-state index in [9.17, 15) is 19.1 Å². The number of halogens is 1. The van der Waals surface area contributed by atoms with Gasteiger partial charge in [0.1, 0.15) is 23.4 Å². The van der Waals surface area contributed by atoms with E-state index in [0.717, 1.165) is 0 Å². The van der Waals surface area contributed by atoms with Gasteiger partial charge in [-0.15, -0.1) is 0 Å². The highest BCUT2D eigenvalue weighted by atomic mass is 31.2. The number of ether oxygens (including phenoxy) is 1. The van der Waals surface area contributed by atoms with Crippen LogP contribution in [0.2, 0.25) is 0 Å². The fourth-order valence-corrected chi connectivity index (χ4v) is 3.82. The van der Waals surface area contributed by atoms with Crippen molar-refractivity contribution in [3.63, 3.8) is 0 Å². The number of nitrogens with zero attached hydrogens (tertiary/aromatic N) is 1. The number of phosphoric ester groups is 1. The Morgan fingerprint density at radius 3 is 2.58 bits per heavy atom. The summed E-state index contributed by atoms with van der Waals surface area (Å²) in [4.78, 5) is 10.1. The molecule has 0 amide bonds. The summed E-state index contributed by atoms with van der Waals surface area (Å²) in [5.41, 5.74) is 0.0395. The lowest BCUT2D eigenvalue weighted by molar-refractivity contribution is -0.384. The van der Waals surface area contributed by atoms with Crippen molar-refractivity contribution in [1.29, 1.82) is 0 Å². The lowest BCUT2D eigenvalue weighted by Crippen LogP contribution is -2.17. The maximum atomic E-state index is 14.1. The molecule has 2 aromatic rings. The van der Waals surface area contributed by atoms with E-state index in [-0.39, 0.29) is 30.0 Å². The highest BCUT2D eigenvalue weighted by Crippen LogP contribution is 2.57. The zero-order valence-electron chi connectivity index (χ0n) is 13.7. The molecule has 0 aromatic heterocycles. The summed E-state index contributed by atoms with van der Waals surface area (Å²) >= 11 is 0. The molecule has 1 aliphatic rings. The first kappa shape index (κ1) is 18.3. The van der Waals surface area contributed by atoms with E-state index in [2.05, 4.69) is 0 Å². The van der Waals surface area contributed by atoms with E-state index in [0.29, 0.717) is 5.75 Å². The van der Waals surface area contributed by atoms with Crippen molar-refractivity contribution in [3.8, 4) is 11.5 Å². The zero-order chi connectivity index (χ0) is 18.7. The molecule has 3 rings (SSSR count). The molecule has 2 aromatic carbocycles. The summed E-state index contributed by atoms with van der Waals surface area (Å²) < 4.78 is 47.7. The Kier molecular flexibility index (Phi) is 5.22. The Morgan fingerprint density at radius 1 is 1.23 bits per heavy atom. The van der Waals surface area contributed by atoms with Gasteiger partial charge in [-0.25, -0.2) is 8.96 Å². The minimum absolute atomic E-state index is 0.0333. The SMILES string of the molecule is COc1ccc(F)c([C@@H]2CCO[P@@](=O)(Oc3ccc([N+](=O)[O-])cc3)O2)c1. The maximum absolute atomic E-state index is 14.1. The molecule has 1 aliphatic heterocycles. The van der Waals surface area contributed by atoms with Crippen LogP contribution in [-0.4, -0.2) is 18.6 Å². The van der Waals surface area contributed by atoms with Crippen LogP contribution in [0.1, 0.15) is 18.1 Å². The van der Waals surface area contributed by atoms with Crippen LogP contribution in [0, 0.1) is 15.9 Å². The number of nitro benzene ring substituents is 1. The molecule has 0 unspecified atom stereocenters. The highest BCUT2D eigenvalue weighted by molar-refractivity contribution is 7.49. The van der Waals surface area contributed by atoms with E-state index in [1.165, 1.54) is 49.6 Å². The smallest absolute Gasteiger partial charge is 0.497 e. The highest BCUT2D eigenvalue weighted by Gasteiger charge is 2.38. The summed E-state index contributed by atoms with van der Waals surface area (Å²) in [6.45, 7) is 0.0333. The van der Waals surface area contributed by atoms with Gasteiger partial charge < -0.3 is 9.26 Å². The first-order valence-electron chi connectivity index (χ1n) is 7.61. The van der Waals surface area contributed by atoms with Crippen LogP contribution in [0.25, 0.3) is 0 Å². The second-order valence-corrected chi connectivity index (χ2v) is 6.94. The molecule has 1 saturated heterocycles. The minimum atomic E-state index is -4.02. The number of rotatable bonds is 5. The topological polar surface area (TPSA) is 97.1 Å².